The Balaban J connectivity index is 2.36. The molecule has 0 amide bonds. The van der Waals surface area contributed by atoms with Crippen molar-refractivity contribution in [1.82, 2.24) is 0 Å². The van der Waals surface area contributed by atoms with E-state index in [2.05, 4.69) is 11.2 Å². The number of halogens is 4. The largest absolute Gasteiger partial charge is 0.497 e. The molecule has 2 N–H and O–H groups in total. The number of hydrogen-bond acceptors (Lipinski definition) is 4. The smallest absolute Gasteiger partial charge is 0.433 e. The highest BCUT2D eigenvalue weighted by molar-refractivity contribution is 6.74. The summed E-state index contributed by atoms with van der Waals surface area (Å²) in [5.74, 6) is 5.08. The average molecular weight is 514 g/mol. The maximum Gasteiger partial charge on any atom is 0.433 e. The summed E-state index contributed by atoms with van der Waals surface area (Å²) < 4.78 is 53.4. The van der Waals surface area contributed by atoms with Gasteiger partial charge in [-0.3, -0.25) is 0 Å². The number of benzene rings is 2. The molecular formula is C25H31ClF3NO3Si. The first-order valence-electron chi connectivity index (χ1n) is 10.7. The number of rotatable bonds is 7. The Labute approximate surface area is 205 Å². The summed E-state index contributed by atoms with van der Waals surface area (Å²) in [5, 5.41) is 13.7. The van der Waals surface area contributed by atoms with Crippen LogP contribution in [0, 0.1) is 11.8 Å². The zero-order valence-electron chi connectivity index (χ0n) is 20.2. The Morgan fingerprint density at radius 2 is 1.68 bits per heavy atom. The van der Waals surface area contributed by atoms with Crippen molar-refractivity contribution >= 4 is 25.6 Å². The quantitative estimate of drug-likeness (QED) is 0.318. The van der Waals surface area contributed by atoms with Crippen LogP contribution in [0.15, 0.2) is 42.5 Å². The molecule has 186 valence electrons. The monoisotopic (exact) mass is 513 g/mol. The molecule has 2 rings (SSSR count). The molecule has 0 aliphatic rings. The molecule has 0 aliphatic carbocycles. The van der Waals surface area contributed by atoms with Gasteiger partial charge >= 0.3 is 6.18 Å². The van der Waals surface area contributed by atoms with Gasteiger partial charge in [0.05, 0.1) is 13.7 Å². The molecule has 0 aromatic heterocycles. The molecule has 0 unspecified atom stereocenters. The molecule has 0 spiro atoms. The number of alkyl halides is 3. The van der Waals surface area contributed by atoms with Crippen LogP contribution < -0.4 is 10.1 Å². The van der Waals surface area contributed by atoms with E-state index in [1.165, 1.54) is 12.1 Å². The van der Waals surface area contributed by atoms with Crippen molar-refractivity contribution in [2.45, 2.75) is 57.2 Å². The molecular weight excluding hydrogens is 483 g/mol. The van der Waals surface area contributed by atoms with E-state index in [1.54, 1.807) is 31.4 Å². The SMILES string of the molecule is COc1ccc(CNc2ccc(Cl)cc2[C@@](O)(C#CCO[Si](C)(C)C(C)(C)C)C(F)(F)F)cc1. The van der Waals surface area contributed by atoms with Crippen molar-refractivity contribution in [3.8, 4) is 17.6 Å². The van der Waals surface area contributed by atoms with E-state index in [9.17, 15) is 18.3 Å². The second-order valence-electron chi connectivity index (χ2n) is 9.45. The van der Waals surface area contributed by atoms with Gasteiger partial charge in [0, 0.05) is 22.8 Å². The fourth-order valence-corrected chi connectivity index (χ4v) is 3.84. The molecule has 0 bridgehead atoms. The Hall–Kier alpha value is -2.18. The summed E-state index contributed by atoms with van der Waals surface area (Å²) in [6.45, 7) is 10.0. The first kappa shape index (κ1) is 28.1. The highest BCUT2D eigenvalue weighted by Gasteiger charge is 2.55. The number of nitrogens with one attached hydrogen (secondary N) is 1. The zero-order chi connectivity index (χ0) is 25.8. The molecule has 4 nitrogen and oxygen atoms in total. The van der Waals surface area contributed by atoms with E-state index in [0.29, 0.717) is 5.75 Å². The molecule has 0 heterocycles. The number of methoxy groups -OCH3 is 1. The van der Waals surface area contributed by atoms with Gasteiger partial charge in [-0.05, 0) is 54.0 Å². The van der Waals surface area contributed by atoms with Crippen molar-refractivity contribution in [2.24, 2.45) is 0 Å². The highest BCUT2D eigenvalue weighted by Crippen LogP contribution is 2.43. The lowest BCUT2D eigenvalue weighted by Crippen LogP contribution is -2.42. The van der Waals surface area contributed by atoms with Gasteiger partial charge in [0.25, 0.3) is 0 Å². The Morgan fingerprint density at radius 1 is 1.06 bits per heavy atom. The molecule has 1 atom stereocenters. The van der Waals surface area contributed by atoms with Gasteiger partial charge in [0.1, 0.15) is 5.75 Å². The number of ether oxygens (including phenoxy) is 1. The van der Waals surface area contributed by atoms with Crippen LogP contribution in [-0.4, -0.2) is 33.3 Å². The Bertz CT molecular complexity index is 1040. The van der Waals surface area contributed by atoms with Crippen LogP contribution in [-0.2, 0) is 16.6 Å². The molecule has 9 heteroatoms. The first-order valence-corrected chi connectivity index (χ1v) is 14.0. The number of anilines is 1. The lowest BCUT2D eigenvalue weighted by atomic mass is 9.91. The molecule has 0 radical (unpaired) electrons. The fraction of sp³-hybridized carbons (Fsp3) is 0.440. The third-order valence-electron chi connectivity index (χ3n) is 6.00. The average Bonchev–Trinajstić information content (AvgIpc) is 2.74. The first-order chi connectivity index (χ1) is 15.6. The second kappa shape index (κ2) is 10.6. The zero-order valence-corrected chi connectivity index (χ0v) is 22.0. The predicted octanol–water partition coefficient (Wildman–Crippen LogP) is 6.74. The van der Waals surface area contributed by atoms with E-state index in [-0.39, 0.29) is 28.9 Å². The van der Waals surface area contributed by atoms with E-state index in [0.717, 1.165) is 11.6 Å². The van der Waals surface area contributed by atoms with Gasteiger partial charge in [-0.25, -0.2) is 0 Å². The van der Waals surface area contributed by atoms with E-state index in [1.807, 2.05) is 39.8 Å². The summed E-state index contributed by atoms with van der Waals surface area (Å²) >= 11 is 6.01. The van der Waals surface area contributed by atoms with Crippen molar-refractivity contribution in [3.05, 3.63) is 58.6 Å². The van der Waals surface area contributed by atoms with Crippen molar-refractivity contribution in [3.63, 3.8) is 0 Å². The lowest BCUT2D eigenvalue weighted by molar-refractivity contribution is -0.240. The predicted molar refractivity (Wildman–Crippen MR) is 133 cm³/mol. The minimum atomic E-state index is -5.07. The minimum absolute atomic E-state index is 0.0481. The molecule has 0 saturated heterocycles. The topological polar surface area (TPSA) is 50.7 Å². The molecule has 0 saturated carbocycles. The van der Waals surface area contributed by atoms with Crippen LogP contribution in [0.25, 0.3) is 0 Å². The van der Waals surface area contributed by atoms with Crippen LogP contribution in [0.3, 0.4) is 0 Å². The van der Waals surface area contributed by atoms with E-state index in [4.69, 9.17) is 20.8 Å². The van der Waals surface area contributed by atoms with Crippen LogP contribution in [0.4, 0.5) is 18.9 Å². The second-order valence-corrected chi connectivity index (χ2v) is 14.7. The molecule has 0 aliphatic heterocycles. The standard InChI is InChI=1S/C25H31ClF3NO3Si/c1-23(2,3)34(5,6)33-15-7-14-24(31,25(27,28)29)21-16-19(26)10-13-22(21)30-17-18-8-11-20(32-4)12-9-18/h8-13,16,30-31H,15,17H2,1-6H3/t24-/m0/s1. The minimum Gasteiger partial charge on any atom is -0.497 e. The highest BCUT2D eigenvalue weighted by atomic mass is 35.5. The van der Waals surface area contributed by atoms with Gasteiger partial charge in [-0.15, -0.1) is 0 Å². The maximum absolute atomic E-state index is 14.1. The number of hydrogen-bond donors (Lipinski definition) is 2. The van der Waals surface area contributed by atoms with Gasteiger partial charge < -0.3 is 19.6 Å². The third-order valence-corrected chi connectivity index (χ3v) is 10.7. The van der Waals surface area contributed by atoms with Crippen molar-refractivity contribution < 1.29 is 27.4 Å². The molecule has 2 aromatic carbocycles. The Kier molecular flexibility index (Phi) is 8.76. The third kappa shape index (κ3) is 6.69. The lowest BCUT2D eigenvalue weighted by Gasteiger charge is -2.35. The number of aliphatic hydroxyl groups is 1. The molecule has 2 aromatic rings. The summed E-state index contributed by atoms with van der Waals surface area (Å²) in [5.41, 5.74) is -3.02. The van der Waals surface area contributed by atoms with Crippen molar-refractivity contribution in [1.29, 1.82) is 0 Å². The summed E-state index contributed by atoms with van der Waals surface area (Å²) in [4.78, 5) is 0. The normalized spacial score (nSPS) is 14.1. The molecule has 0 fully saturated rings. The summed E-state index contributed by atoms with van der Waals surface area (Å²) in [7, 11) is -0.666. The van der Waals surface area contributed by atoms with Gasteiger partial charge in [0.15, 0.2) is 8.32 Å². The van der Waals surface area contributed by atoms with Crippen molar-refractivity contribution in [2.75, 3.05) is 19.0 Å². The van der Waals surface area contributed by atoms with Gasteiger partial charge in [0.2, 0.25) is 5.60 Å². The van der Waals surface area contributed by atoms with Gasteiger partial charge in [-0.2, -0.15) is 13.2 Å². The van der Waals surface area contributed by atoms with Crippen LogP contribution in [0.5, 0.6) is 5.75 Å². The van der Waals surface area contributed by atoms with Gasteiger partial charge in [-0.1, -0.05) is 56.3 Å². The van der Waals surface area contributed by atoms with Crippen LogP contribution >= 0.6 is 11.6 Å². The summed E-state index contributed by atoms with van der Waals surface area (Å²) in [6, 6.07) is 11.0. The van der Waals surface area contributed by atoms with Crippen LogP contribution in [0.2, 0.25) is 23.2 Å². The van der Waals surface area contributed by atoms with E-state index < -0.39 is 25.7 Å². The molecule has 34 heavy (non-hydrogen) atoms. The fourth-order valence-electron chi connectivity index (χ4n) is 2.80. The Morgan fingerprint density at radius 3 is 2.21 bits per heavy atom. The maximum atomic E-state index is 14.1. The van der Waals surface area contributed by atoms with E-state index >= 15 is 0 Å². The summed E-state index contributed by atoms with van der Waals surface area (Å²) in [6.07, 6.45) is -5.07. The van der Waals surface area contributed by atoms with Crippen LogP contribution in [0.1, 0.15) is 31.9 Å².